The maximum Gasteiger partial charge on any atom is 0.323 e. The van der Waals surface area contributed by atoms with Gasteiger partial charge in [0.05, 0.1) is 0 Å². The first-order valence-electron chi connectivity index (χ1n) is 5.16. The Balaban J connectivity index is 2.44. The van der Waals surface area contributed by atoms with Gasteiger partial charge in [-0.1, -0.05) is 0 Å². The van der Waals surface area contributed by atoms with E-state index in [1.54, 1.807) is 17.2 Å². The zero-order valence-corrected chi connectivity index (χ0v) is 9.16. The van der Waals surface area contributed by atoms with Gasteiger partial charge >= 0.3 is 11.8 Å². The SMILES string of the molecule is CC(NC(=O)C(=O)NN)C(=O)N1CCCC1. The van der Waals surface area contributed by atoms with Gasteiger partial charge in [-0.2, -0.15) is 0 Å². The lowest BCUT2D eigenvalue weighted by molar-refractivity contribution is -0.141. The molecule has 7 heteroatoms. The Morgan fingerprint density at radius 1 is 1.19 bits per heavy atom. The topological polar surface area (TPSA) is 105 Å². The molecule has 1 rings (SSSR count). The van der Waals surface area contributed by atoms with Crippen molar-refractivity contribution in [3.63, 3.8) is 0 Å². The molecule has 3 amide bonds. The molecule has 0 bridgehead atoms. The number of amides is 3. The average Bonchev–Trinajstić information content (AvgIpc) is 2.79. The second-order valence-electron chi connectivity index (χ2n) is 3.70. The fraction of sp³-hybridized carbons (Fsp3) is 0.667. The molecule has 0 saturated carbocycles. The number of hydrogen-bond acceptors (Lipinski definition) is 4. The molecule has 4 N–H and O–H groups in total. The summed E-state index contributed by atoms with van der Waals surface area (Å²) in [5.74, 6) is 2.76. The Labute approximate surface area is 93.3 Å². The molecule has 0 spiro atoms. The molecule has 1 aliphatic rings. The summed E-state index contributed by atoms with van der Waals surface area (Å²) in [7, 11) is 0. The number of rotatable bonds is 2. The minimum atomic E-state index is -0.957. The third-order valence-corrected chi connectivity index (χ3v) is 2.47. The largest absolute Gasteiger partial charge is 0.341 e. The van der Waals surface area contributed by atoms with Crippen molar-refractivity contribution in [3.05, 3.63) is 0 Å². The van der Waals surface area contributed by atoms with E-state index in [1.807, 2.05) is 0 Å². The van der Waals surface area contributed by atoms with Crippen molar-refractivity contribution in [2.24, 2.45) is 5.84 Å². The quantitative estimate of drug-likeness (QED) is 0.222. The van der Waals surface area contributed by atoms with Gasteiger partial charge in [0.25, 0.3) is 0 Å². The summed E-state index contributed by atoms with van der Waals surface area (Å²) in [6.07, 6.45) is 1.96. The number of carbonyl (C=O) groups excluding carboxylic acids is 3. The molecule has 0 aromatic heterocycles. The Hall–Kier alpha value is -1.63. The van der Waals surface area contributed by atoms with Gasteiger partial charge in [0.1, 0.15) is 6.04 Å². The summed E-state index contributed by atoms with van der Waals surface area (Å²) in [5, 5.41) is 2.29. The molecule has 7 nitrogen and oxygen atoms in total. The molecule has 1 heterocycles. The third kappa shape index (κ3) is 2.93. The molecule has 90 valence electrons. The normalized spacial score (nSPS) is 16.8. The summed E-state index contributed by atoms with van der Waals surface area (Å²) in [6.45, 7) is 2.96. The minimum absolute atomic E-state index is 0.171. The van der Waals surface area contributed by atoms with Crippen molar-refractivity contribution < 1.29 is 14.4 Å². The molecule has 1 fully saturated rings. The Bertz CT molecular complexity index is 299. The minimum Gasteiger partial charge on any atom is -0.341 e. The van der Waals surface area contributed by atoms with Gasteiger partial charge in [0.2, 0.25) is 5.91 Å². The number of likely N-dealkylation sites (tertiary alicyclic amines) is 1. The smallest absolute Gasteiger partial charge is 0.323 e. The van der Waals surface area contributed by atoms with Gasteiger partial charge in [-0.25, -0.2) is 5.84 Å². The van der Waals surface area contributed by atoms with E-state index in [-0.39, 0.29) is 5.91 Å². The van der Waals surface area contributed by atoms with Crippen molar-refractivity contribution in [1.82, 2.24) is 15.6 Å². The predicted molar refractivity (Wildman–Crippen MR) is 55.7 cm³/mol. The lowest BCUT2D eigenvalue weighted by Gasteiger charge is -2.20. The van der Waals surface area contributed by atoms with E-state index in [2.05, 4.69) is 5.32 Å². The summed E-state index contributed by atoms with van der Waals surface area (Å²) in [6, 6.07) is -0.706. The number of carbonyl (C=O) groups is 3. The standard InChI is InChI=1S/C9H16N4O3/c1-6(11-7(14)8(15)12-10)9(16)13-4-2-3-5-13/h6H,2-5,10H2,1H3,(H,11,14)(H,12,15). The lowest BCUT2D eigenvalue weighted by atomic mass is 10.3. The lowest BCUT2D eigenvalue weighted by Crippen LogP contribution is -2.51. The molecule has 1 unspecified atom stereocenters. The highest BCUT2D eigenvalue weighted by Gasteiger charge is 2.25. The molecule has 0 radical (unpaired) electrons. The van der Waals surface area contributed by atoms with Crippen LogP contribution in [0.3, 0.4) is 0 Å². The zero-order valence-electron chi connectivity index (χ0n) is 9.16. The Morgan fingerprint density at radius 2 is 1.75 bits per heavy atom. The number of hydrogen-bond donors (Lipinski definition) is 3. The van der Waals surface area contributed by atoms with E-state index in [9.17, 15) is 14.4 Å². The molecular formula is C9H16N4O3. The van der Waals surface area contributed by atoms with E-state index >= 15 is 0 Å². The van der Waals surface area contributed by atoms with Crippen molar-refractivity contribution >= 4 is 17.7 Å². The van der Waals surface area contributed by atoms with Crippen LogP contribution in [0.25, 0.3) is 0 Å². The van der Waals surface area contributed by atoms with Crippen LogP contribution in [0, 0.1) is 0 Å². The van der Waals surface area contributed by atoms with Crippen LogP contribution < -0.4 is 16.6 Å². The van der Waals surface area contributed by atoms with Crippen LogP contribution in [0.1, 0.15) is 19.8 Å². The average molecular weight is 228 g/mol. The molecular weight excluding hydrogens is 212 g/mol. The van der Waals surface area contributed by atoms with Crippen LogP contribution in [-0.2, 0) is 14.4 Å². The highest BCUT2D eigenvalue weighted by atomic mass is 16.2. The Kier molecular flexibility index (Phi) is 4.24. The van der Waals surface area contributed by atoms with Crippen molar-refractivity contribution in [2.75, 3.05) is 13.1 Å². The maximum atomic E-state index is 11.7. The van der Waals surface area contributed by atoms with Gasteiger partial charge in [0.15, 0.2) is 0 Å². The molecule has 0 aromatic rings. The van der Waals surface area contributed by atoms with Crippen LogP contribution in [-0.4, -0.2) is 41.8 Å². The van der Waals surface area contributed by atoms with Crippen LogP contribution in [0.5, 0.6) is 0 Å². The van der Waals surface area contributed by atoms with Crippen LogP contribution >= 0.6 is 0 Å². The van der Waals surface area contributed by atoms with Crippen molar-refractivity contribution in [2.45, 2.75) is 25.8 Å². The van der Waals surface area contributed by atoms with Gasteiger partial charge in [-0.05, 0) is 19.8 Å². The molecule has 1 atom stereocenters. The number of hydrazine groups is 1. The fourth-order valence-electron chi connectivity index (χ4n) is 1.60. The summed E-state index contributed by atoms with van der Waals surface area (Å²) in [5.41, 5.74) is 1.70. The molecule has 1 aliphatic heterocycles. The van der Waals surface area contributed by atoms with Gasteiger partial charge in [-0.3, -0.25) is 19.8 Å². The molecule has 0 aromatic carbocycles. The van der Waals surface area contributed by atoms with Crippen molar-refractivity contribution in [3.8, 4) is 0 Å². The summed E-state index contributed by atoms with van der Waals surface area (Å²) in [4.78, 5) is 35.4. The summed E-state index contributed by atoms with van der Waals surface area (Å²) < 4.78 is 0. The van der Waals surface area contributed by atoms with E-state index in [0.717, 1.165) is 12.8 Å². The van der Waals surface area contributed by atoms with E-state index in [0.29, 0.717) is 13.1 Å². The van der Waals surface area contributed by atoms with Gasteiger partial charge in [0, 0.05) is 13.1 Å². The van der Waals surface area contributed by atoms with Gasteiger partial charge < -0.3 is 10.2 Å². The third-order valence-electron chi connectivity index (χ3n) is 2.47. The highest BCUT2D eigenvalue weighted by molar-refractivity contribution is 6.35. The van der Waals surface area contributed by atoms with E-state index in [4.69, 9.17) is 5.84 Å². The zero-order chi connectivity index (χ0) is 12.1. The van der Waals surface area contributed by atoms with E-state index in [1.165, 1.54) is 0 Å². The molecule has 0 aliphatic carbocycles. The van der Waals surface area contributed by atoms with E-state index < -0.39 is 17.9 Å². The number of nitrogens with zero attached hydrogens (tertiary/aromatic N) is 1. The first-order valence-corrected chi connectivity index (χ1v) is 5.16. The monoisotopic (exact) mass is 228 g/mol. The van der Waals surface area contributed by atoms with Crippen LogP contribution in [0.15, 0.2) is 0 Å². The second kappa shape index (κ2) is 5.45. The second-order valence-corrected chi connectivity index (χ2v) is 3.70. The highest BCUT2D eigenvalue weighted by Crippen LogP contribution is 2.08. The van der Waals surface area contributed by atoms with Gasteiger partial charge in [-0.15, -0.1) is 0 Å². The first kappa shape index (κ1) is 12.4. The fourth-order valence-corrected chi connectivity index (χ4v) is 1.60. The van der Waals surface area contributed by atoms with Crippen molar-refractivity contribution in [1.29, 1.82) is 0 Å². The first-order chi connectivity index (χ1) is 7.56. The number of nitrogens with two attached hydrogens (primary N) is 1. The Morgan fingerprint density at radius 3 is 2.25 bits per heavy atom. The maximum absolute atomic E-state index is 11.7. The predicted octanol–water partition coefficient (Wildman–Crippen LogP) is -1.90. The van der Waals surface area contributed by atoms with Crippen LogP contribution in [0.4, 0.5) is 0 Å². The summed E-state index contributed by atoms with van der Waals surface area (Å²) >= 11 is 0. The molecule has 16 heavy (non-hydrogen) atoms. The molecule has 1 saturated heterocycles. The number of nitrogens with one attached hydrogen (secondary N) is 2. The van der Waals surface area contributed by atoms with Crippen LogP contribution in [0.2, 0.25) is 0 Å².